The summed E-state index contributed by atoms with van der Waals surface area (Å²) in [5, 5.41) is 8.58. The average molecular weight is 248 g/mol. The highest BCUT2D eigenvalue weighted by molar-refractivity contribution is 5.38. The van der Waals surface area contributed by atoms with E-state index >= 15 is 0 Å². The van der Waals surface area contributed by atoms with Crippen molar-refractivity contribution in [3.63, 3.8) is 0 Å². The summed E-state index contributed by atoms with van der Waals surface area (Å²) in [6.07, 6.45) is 0. The number of benzene rings is 1. The number of hydrogen-bond acceptors (Lipinski definition) is 3. The third-order valence-corrected chi connectivity index (χ3v) is 2.11. The molecule has 0 aliphatic heterocycles. The predicted octanol–water partition coefficient (Wildman–Crippen LogP) is 2.08. The van der Waals surface area contributed by atoms with Crippen molar-refractivity contribution in [3.8, 4) is 17.6 Å². The molecule has 1 aromatic rings. The van der Waals surface area contributed by atoms with E-state index in [1.165, 1.54) is 0 Å². The van der Waals surface area contributed by atoms with Gasteiger partial charge in [-0.25, -0.2) is 0 Å². The first kappa shape index (κ1) is 14.6. The van der Waals surface area contributed by atoms with E-state index in [1.54, 1.807) is 0 Å². The summed E-state index contributed by atoms with van der Waals surface area (Å²) in [7, 11) is 0. The Hall–Kier alpha value is -1.50. The van der Waals surface area contributed by atoms with E-state index in [-0.39, 0.29) is 6.61 Å². The standard InChI is InChI=1S/C15H20O3/c1-13(2)12-17-10-11-18-15-7-5-14(6-8-15)4-3-9-16/h5-8,13,16H,9-12H2,1-2H3. The maximum absolute atomic E-state index is 8.58. The summed E-state index contributed by atoms with van der Waals surface area (Å²) in [6, 6.07) is 7.47. The molecule has 0 fully saturated rings. The van der Waals surface area contributed by atoms with Crippen LogP contribution in [0.4, 0.5) is 0 Å². The molecule has 18 heavy (non-hydrogen) atoms. The molecule has 3 nitrogen and oxygen atoms in total. The van der Waals surface area contributed by atoms with Crippen LogP contribution >= 0.6 is 0 Å². The zero-order valence-electron chi connectivity index (χ0n) is 11.0. The maximum atomic E-state index is 8.58. The second-order valence-electron chi connectivity index (χ2n) is 4.30. The van der Waals surface area contributed by atoms with Crippen LogP contribution in [0.15, 0.2) is 24.3 Å². The largest absolute Gasteiger partial charge is 0.491 e. The molecule has 3 heteroatoms. The smallest absolute Gasteiger partial charge is 0.119 e. The van der Waals surface area contributed by atoms with Crippen molar-refractivity contribution >= 4 is 0 Å². The summed E-state index contributed by atoms with van der Waals surface area (Å²) in [4.78, 5) is 0. The van der Waals surface area contributed by atoms with Crippen LogP contribution in [0.1, 0.15) is 19.4 Å². The van der Waals surface area contributed by atoms with Gasteiger partial charge in [0, 0.05) is 12.2 Å². The number of rotatable bonds is 6. The lowest BCUT2D eigenvalue weighted by atomic mass is 10.2. The number of aliphatic hydroxyl groups is 1. The first-order valence-electron chi connectivity index (χ1n) is 6.12. The van der Waals surface area contributed by atoms with Gasteiger partial charge in [-0.05, 0) is 30.2 Å². The molecule has 0 aliphatic carbocycles. The quantitative estimate of drug-likeness (QED) is 0.619. The fraction of sp³-hybridized carbons (Fsp3) is 0.467. The van der Waals surface area contributed by atoms with Crippen LogP contribution in [-0.2, 0) is 4.74 Å². The van der Waals surface area contributed by atoms with Crippen molar-refractivity contribution in [2.24, 2.45) is 5.92 Å². The molecule has 1 N–H and O–H groups in total. The average Bonchev–Trinajstić information content (AvgIpc) is 2.37. The topological polar surface area (TPSA) is 38.7 Å². The SMILES string of the molecule is CC(C)COCCOc1ccc(C#CCO)cc1. The molecule has 0 radical (unpaired) electrons. The van der Waals surface area contributed by atoms with Crippen LogP contribution < -0.4 is 4.74 Å². The van der Waals surface area contributed by atoms with E-state index in [9.17, 15) is 0 Å². The van der Waals surface area contributed by atoms with Crippen LogP contribution in [0.3, 0.4) is 0 Å². The van der Waals surface area contributed by atoms with E-state index in [2.05, 4.69) is 25.7 Å². The molecule has 0 atom stereocenters. The van der Waals surface area contributed by atoms with Crippen molar-refractivity contribution < 1.29 is 14.6 Å². The van der Waals surface area contributed by atoms with Gasteiger partial charge in [-0.15, -0.1) is 0 Å². The molecular formula is C15H20O3. The molecule has 0 aliphatic rings. The Morgan fingerprint density at radius 2 is 1.89 bits per heavy atom. The zero-order chi connectivity index (χ0) is 13.2. The Balaban J connectivity index is 2.27. The fourth-order valence-corrected chi connectivity index (χ4v) is 1.31. The van der Waals surface area contributed by atoms with Gasteiger partial charge in [0.2, 0.25) is 0 Å². The lowest BCUT2D eigenvalue weighted by Gasteiger charge is -2.08. The lowest BCUT2D eigenvalue weighted by molar-refractivity contribution is 0.0819. The highest BCUT2D eigenvalue weighted by Crippen LogP contribution is 2.11. The number of hydrogen-bond donors (Lipinski definition) is 1. The number of aliphatic hydroxyl groups excluding tert-OH is 1. The molecule has 0 amide bonds. The van der Waals surface area contributed by atoms with Gasteiger partial charge in [-0.2, -0.15) is 0 Å². The molecule has 1 aromatic carbocycles. The molecule has 98 valence electrons. The monoisotopic (exact) mass is 248 g/mol. The summed E-state index contributed by atoms with van der Waals surface area (Å²) in [6.45, 7) is 6.03. The Morgan fingerprint density at radius 1 is 1.17 bits per heavy atom. The van der Waals surface area contributed by atoms with Gasteiger partial charge in [0.05, 0.1) is 6.61 Å². The van der Waals surface area contributed by atoms with Gasteiger partial charge in [0.1, 0.15) is 19.0 Å². The molecule has 1 rings (SSSR count). The third-order valence-electron chi connectivity index (χ3n) is 2.11. The van der Waals surface area contributed by atoms with Crippen molar-refractivity contribution in [1.29, 1.82) is 0 Å². The molecule has 0 unspecified atom stereocenters. The Bertz CT molecular complexity index is 384. The maximum Gasteiger partial charge on any atom is 0.119 e. The van der Waals surface area contributed by atoms with Crippen LogP contribution in [-0.4, -0.2) is 31.5 Å². The van der Waals surface area contributed by atoms with Crippen LogP contribution in [0, 0.1) is 17.8 Å². The zero-order valence-corrected chi connectivity index (χ0v) is 11.0. The van der Waals surface area contributed by atoms with Crippen molar-refractivity contribution in [3.05, 3.63) is 29.8 Å². The minimum atomic E-state index is -0.120. The molecular weight excluding hydrogens is 228 g/mol. The lowest BCUT2D eigenvalue weighted by Crippen LogP contribution is -2.10. The van der Waals surface area contributed by atoms with Gasteiger partial charge >= 0.3 is 0 Å². The summed E-state index contributed by atoms with van der Waals surface area (Å²) in [5.74, 6) is 6.78. The third kappa shape index (κ3) is 6.29. The Labute approximate surface area is 109 Å². The highest BCUT2D eigenvalue weighted by Gasteiger charge is 1.96. The van der Waals surface area contributed by atoms with Gasteiger partial charge in [-0.3, -0.25) is 0 Å². The second-order valence-corrected chi connectivity index (χ2v) is 4.30. The second kappa shape index (κ2) is 8.57. The Morgan fingerprint density at radius 3 is 2.50 bits per heavy atom. The van der Waals surface area contributed by atoms with Gasteiger partial charge in [0.15, 0.2) is 0 Å². The molecule has 0 heterocycles. The first-order valence-corrected chi connectivity index (χ1v) is 6.12. The van der Waals surface area contributed by atoms with Crippen LogP contribution in [0.2, 0.25) is 0 Å². The van der Waals surface area contributed by atoms with Gasteiger partial charge < -0.3 is 14.6 Å². The molecule has 0 aromatic heterocycles. The van der Waals surface area contributed by atoms with Crippen molar-refractivity contribution in [1.82, 2.24) is 0 Å². The van der Waals surface area contributed by atoms with E-state index in [0.717, 1.165) is 17.9 Å². The van der Waals surface area contributed by atoms with E-state index in [0.29, 0.717) is 19.1 Å². The summed E-state index contributed by atoms with van der Waals surface area (Å²) >= 11 is 0. The molecule has 0 saturated carbocycles. The molecule has 0 saturated heterocycles. The van der Waals surface area contributed by atoms with Crippen LogP contribution in [0.25, 0.3) is 0 Å². The fourth-order valence-electron chi connectivity index (χ4n) is 1.31. The highest BCUT2D eigenvalue weighted by atomic mass is 16.5. The minimum Gasteiger partial charge on any atom is -0.491 e. The van der Waals surface area contributed by atoms with E-state index in [1.807, 2.05) is 24.3 Å². The number of ether oxygens (including phenoxy) is 2. The van der Waals surface area contributed by atoms with Crippen LogP contribution in [0.5, 0.6) is 5.75 Å². The summed E-state index contributed by atoms with van der Waals surface area (Å²) < 4.78 is 10.9. The van der Waals surface area contributed by atoms with Gasteiger partial charge in [0.25, 0.3) is 0 Å². The predicted molar refractivity (Wildman–Crippen MR) is 71.6 cm³/mol. The Kier molecular flexibility index (Phi) is 6.93. The van der Waals surface area contributed by atoms with E-state index in [4.69, 9.17) is 14.6 Å². The van der Waals surface area contributed by atoms with E-state index < -0.39 is 0 Å². The van der Waals surface area contributed by atoms with Crippen molar-refractivity contribution in [2.45, 2.75) is 13.8 Å². The molecule has 0 bridgehead atoms. The normalized spacial score (nSPS) is 10.0. The summed E-state index contributed by atoms with van der Waals surface area (Å²) in [5.41, 5.74) is 0.868. The minimum absolute atomic E-state index is 0.120. The first-order chi connectivity index (χ1) is 8.72. The van der Waals surface area contributed by atoms with Crippen molar-refractivity contribution in [2.75, 3.05) is 26.4 Å². The van der Waals surface area contributed by atoms with Gasteiger partial charge in [-0.1, -0.05) is 25.7 Å². The molecule has 0 spiro atoms.